The second-order valence-corrected chi connectivity index (χ2v) is 4.36. The Labute approximate surface area is 122 Å². The van der Waals surface area contributed by atoms with Crippen molar-refractivity contribution in [2.75, 3.05) is 5.32 Å². The zero-order valence-electron chi connectivity index (χ0n) is 10.4. The summed E-state index contributed by atoms with van der Waals surface area (Å²) < 4.78 is 26.9. The van der Waals surface area contributed by atoms with E-state index in [1.54, 1.807) is 0 Å². The number of nitrogens with one attached hydrogen (secondary N) is 1. The van der Waals surface area contributed by atoms with Gasteiger partial charge >= 0.3 is 0 Å². The molecular formula is C13H8ClF2N3O2. The first kappa shape index (κ1) is 14.9. The van der Waals surface area contributed by atoms with Crippen LogP contribution in [0.4, 0.5) is 14.5 Å². The van der Waals surface area contributed by atoms with Gasteiger partial charge in [0.15, 0.2) is 0 Å². The summed E-state index contributed by atoms with van der Waals surface area (Å²) in [4.78, 5) is 26.6. The van der Waals surface area contributed by atoms with Crippen LogP contribution in [0.3, 0.4) is 0 Å². The molecule has 0 bridgehead atoms. The molecular weight excluding hydrogens is 304 g/mol. The number of nitrogens with two attached hydrogens (primary N) is 1. The highest BCUT2D eigenvalue weighted by Crippen LogP contribution is 2.20. The van der Waals surface area contributed by atoms with Gasteiger partial charge in [-0.05, 0) is 18.2 Å². The molecule has 0 fully saturated rings. The first-order valence-corrected chi connectivity index (χ1v) is 5.99. The highest BCUT2D eigenvalue weighted by Gasteiger charge is 2.16. The molecule has 0 unspecified atom stereocenters. The third-order valence-corrected chi connectivity index (χ3v) is 2.73. The van der Waals surface area contributed by atoms with Gasteiger partial charge in [-0.2, -0.15) is 0 Å². The molecule has 1 heterocycles. The Bertz CT molecular complexity index is 737. The molecule has 0 saturated heterocycles. The minimum atomic E-state index is -1.11. The number of pyridine rings is 1. The fourth-order valence-electron chi connectivity index (χ4n) is 1.55. The molecule has 2 aromatic rings. The van der Waals surface area contributed by atoms with Crippen LogP contribution in [0.25, 0.3) is 0 Å². The summed E-state index contributed by atoms with van der Waals surface area (Å²) in [6.07, 6.45) is 0. The first-order chi connectivity index (χ1) is 9.88. The van der Waals surface area contributed by atoms with Gasteiger partial charge < -0.3 is 11.1 Å². The Morgan fingerprint density at radius 1 is 1.19 bits per heavy atom. The van der Waals surface area contributed by atoms with E-state index < -0.39 is 34.7 Å². The fraction of sp³-hybridized carbons (Fsp3) is 0. The van der Waals surface area contributed by atoms with Crippen LogP contribution in [0.2, 0.25) is 5.15 Å². The maximum atomic E-state index is 13.6. The van der Waals surface area contributed by atoms with Crippen molar-refractivity contribution < 1.29 is 18.4 Å². The molecule has 2 amide bonds. The predicted octanol–water partition coefficient (Wildman–Crippen LogP) is 2.36. The molecule has 5 nitrogen and oxygen atoms in total. The number of aromatic nitrogens is 1. The van der Waals surface area contributed by atoms with E-state index in [2.05, 4.69) is 10.3 Å². The highest BCUT2D eigenvalue weighted by atomic mass is 35.5. The average molecular weight is 312 g/mol. The Morgan fingerprint density at radius 2 is 1.90 bits per heavy atom. The molecule has 1 aromatic heterocycles. The van der Waals surface area contributed by atoms with Crippen molar-refractivity contribution in [3.05, 3.63) is 58.4 Å². The van der Waals surface area contributed by atoms with Crippen molar-refractivity contribution in [2.45, 2.75) is 0 Å². The number of rotatable bonds is 3. The molecule has 0 radical (unpaired) electrons. The smallest absolute Gasteiger partial charge is 0.274 e. The average Bonchev–Trinajstić information content (AvgIpc) is 2.41. The number of anilines is 1. The predicted molar refractivity (Wildman–Crippen MR) is 72.1 cm³/mol. The van der Waals surface area contributed by atoms with E-state index in [0.717, 1.165) is 6.07 Å². The zero-order chi connectivity index (χ0) is 15.6. The van der Waals surface area contributed by atoms with Crippen LogP contribution in [-0.2, 0) is 0 Å². The summed E-state index contributed by atoms with van der Waals surface area (Å²) in [5.74, 6) is -4.01. The van der Waals surface area contributed by atoms with Crippen LogP contribution < -0.4 is 11.1 Å². The van der Waals surface area contributed by atoms with Crippen molar-refractivity contribution >= 4 is 29.1 Å². The third kappa shape index (κ3) is 3.32. The third-order valence-electron chi connectivity index (χ3n) is 2.52. The van der Waals surface area contributed by atoms with Crippen molar-refractivity contribution in [2.24, 2.45) is 5.73 Å². The van der Waals surface area contributed by atoms with Gasteiger partial charge in [0.25, 0.3) is 11.8 Å². The zero-order valence-corrected chi connectivity index (χ0v) is 11.1. The Hall–Kier alpha value is -2.54. The first-order valence-electron chi connectivity index (χ1n) is 5.61. The van der Waals surface area contributed by atoms with Gasteiger partial charge in [0.05, 0.1) is 11.3 Å². The summed E-state index contributed by atoms with van der Waals surface area (Å²) in [7, 11) is 0. The number of carbonyl (C=O) groups is 2. The molecule has 3 N–H and O–H groups in total. The molecule has 0 atom stereocenters. The Morgan fingerprint density at radius 3 is 2.52 bits per heavy atom. The number of benzene rings is 1. The van der Waals surface area contributed by atoms with Gasteiger partial charge in [-0.3, -0.25) is 9.59 Å². The molecule has 21 heavy (non-hydrogen) atoms. The quantitative estimate of drug-likeness (QED) is 0.853. The van der Waals surface area contributed by atoms with Crippen LogP contribution in [0.15, 0.2) is 30.3 Å². The van der Waals surface area contributed by atoms with Gasteiger partial charge in [0, 0.05) is 6.07 Å². The van der Waals surface area contributed by atoms with Gasteiger partial charge in [-0.1, -0.05) is 17.7 Å². The standard InChI is InChI=1S/C13H8ClF2N3O2/c14-11-3-1-2-9(18-11)13(21)19-10-4-6(12(17)20)7(15)5-8(10)16/h1-5H,(H2,17,20)(H,19,21). The Kier molecular flexibility index (Phi) is 4.13. The minimum absolute atomic E-state index is 0.0631. The summed E-state index contributed by atoms with van der Waals surface area (Å²) >= 11 is 5.63. The molecule has 0 aliphatic heterocycles. The van der Waals surface area contributed by atoms with Gasteiger partial charge in [0.1, 0.15) is 22.5 Å². The van der Waals surface area contributed by atoms with Crippen molar-refractivity contribution in [1.29, 1.82) is 0 Å². The van der Waals surface area contributed by atoms with E-state index in [1.807, 2.05) is 0 Å². The summed E-state index contributed by atoms with van der Waals surface area (Å²) in [6.45, 7) is 0. The maximum absolute atomic E-state index is 13.6. The topological polar surface area (TPSA) is 85.1 Å². The number of hydrogen-bond acceptors (Lipinski definition) is 3. The molecule has 108 valence electrons. The van der Waals surface area contributed by atoms with Crippen LogP contribution in [0.5, 0.6) is 0 Å². The normalized spacial score (nSPS) is 10.2. The lowest BCUT2D eigenvalue weighted by molar-refractivity contribution is 0.0991. The molecule has 0 aliphatic rings. The lowest BCUT2D eigenvalue weighted by atomic mass is 10.1. The number of nitrogens with zero attached hydrogens (tertiary/aromatic N) is 1. The molecule has 2 rings (SSSR count). The van der Waals surface area contributed by atoms with Gasteiger partial charge in [0.2, 0.25) is 0 Å². The summed E-state index contributed by atoms with van der Waals surface area (Å²) in [6, 6.07) is 5.58. The van der Waals surface area contributed by atoms with Crippen LogP contribution in [-0.4, -0.2) is 16.8 Å². The monoisotopic (exact) mass is 311 g/mol. The number of amides is 2. The largest absolute Gasteiger partial charge is 0.366 e. The van der Waals surface area contributed by atoms with Gasteiger partial charge in [-0.15, -0.1) is 0 Å². The van der Waals surface area contributed by atoms with E-state index in [-0.39, 0.29) is 10.8 Å². The maximum Gasteiger partial charge on any atom is 0.274 e. The van der Waals surface area contributed by atoms with E-state index in [9.17, 15) is 18.4 Å². The second-order valence-electron chi connectivity index (χ2n) is 3.98. The summed E-state index contributed by atoms with van der Waals surface area (Å²) in [5, 5.41) is 2.25. The van der Waals surface area contributed by atoms with Crippen LogP contribution >= 0.6 is 11.6 Å². The summed E-state index contributed by atoms with van der Waals surface area (Å²) in [5.41, 5.74) is 3.96. The Balaban J connectivity index is 2.33. The van der Waals surface area contributed by atoms with Crippen molar-refractivity contribution in [3.63, 3.8) is 0 Å². The van der Waals surface area contributed by atoms with Crippen LogP contribution in [0.1, 0.15) is 20.8 Å². The SMILES string of the molecule is NC(=O)c1cc(NC(=O)c2cccc(Cl)n2)c(F)cc1F. The van der Waals surface area contributed by atoms with Crippen molar-refractivity contribution in [3.8, 4) is 0 Å². The number of carbonyl (C=O) groups excluding carboxylic acids is 2. The highest BCUT2D eigenvalue weighted by molar-refractivity contribution is 6.29. The lowest BCUT2D eigenvalue weighted by Gasteiger charge is -2.08. The number of halogens is 3. The molecule has 1 aromatic carbocycles. The fourth-order valence-corrected chi connectivity index (χ4v) is 1.72. The number of hydrogen-bond donors (Lipinski definition) is 2. The second kappa shape index (κ2) is 5.84. The lowest BCUT2D eigenvalue weighted by Crippen LogP contribution is -2.18. The van der Waals surface area contributed by atoms with E-state index >= 15 is 0 Å². The van der Waals surface area contributed by atoms with E-state index in [4.69, 9.17) is 17.3 Å². The molecule has 0 aliphatic carbocycles. The molecule has 0 saturated carbocycles. The van der Waals surface area contributed by atoms with Crippen LogP contribution in [0, 0.1) is 11.6 Å². The van der Waals surface area contributed by atoms with Gasteiger partial charge in [-0.25, -0.2) is 13.8 Å². The number of primary amides is 1. The van der Waals surface area contributed by atoms with Crippen molar-refractivity contribution in [1.82, 2.24) is 4.98 Å². The van der Waals surface area contributed by atoms with E-state index in [1.165, 1.54) is 18.2 Å². The minimum Gasteiger partial charge on any atom is -0.366 e. The molecule has 0 spiro atoms. The van der Waals surface area contributed by atoms with E-state index in [0.29, 0.717) is 6.07 Å². The molecule has 8 heteroatoms.